The van der Waals surface area contributed by atoms with Gasteiger partial charge in [-0.3, -0.25) is 0 Å². The molecule has 2 heterocycles. The average Bonchev–Trinajstić information content (AvgIpc) is 2.57. The number of benzene rings is 1. The molecule has 6 heteroatoms. The highest BCUT2D eigenvalue weighted by molar-refractivity contribution is 6.29. The van der Waals surface area contributed by atoms with Crippen molar-refractivity contribution < 1.29 is 9.47 Å². The molecule has 0 aliphatic carbocycles. The van der Waals surface area contributed by atoms with Crippen LogP contribution in [-0.2, 0) is 4.74 Å². The van der Waals surface area contributed by atoms with Crippen LogP contribution < -0.4 is 10.1 Å². The molecular weight excluding hydrogens is 314 g/mol. The molecule has 0 fully saturated rings. The van der Waals surface area contributed by atoms with E-state index in [1.165, 1.54) is 0 Å². The fraction of sp³-hybridized carbons (Fsp3) is 0.176. The van der Waals surface area contributed by atoms with Gasteiger partial charge in [0, 0.05) is 18.7 Å². The molecule has 0 spiro atoms. The van der Waals surface area contributed by atoms with E-state index in [1.54, 1.807) is 25.6 Å². The highest BCUT2D eigenvalue weighted by atomic mass is 35.5. The number of hydrogen-bond acceptors (Lipinski definition) is 5. The normalized spacial score (nSPS) is 10.7. The Morgan fingerprint density at radius 2 is 2.00 bits per heavy atom. The predicted molar refractivity (Wildman–Crippen MR) is 91.6 cm³/mol. The van der Waals surface area contributed by atoms with Crippen molar-refractivity contribution in [2.24, 2.45) is 0 Å². The third-order valence-corrected chi connectivity index (χ3v) is 3.51. The summed E-state index contributed by atoms with van der Waals surface area (Å²) in [5, 5.41) is 5.75. The first kappa shape index (κ1) is 15.5. The van der Waals surface area contributed by atoms with Gasteiger partial charge in [0.25, 0.3) is 0 Å². The van der Waals surface area contributed by atoms with Gasteiger partial charge in [-0.1, -0.05) is 11.6 Å². The topological polar surface area (TPSA) is 56.3 Å². The molecule has 1 aromatic carbocycles. The van der Waals surface area contributed by atoms with Crippen molar-refractivity contribution in [3.05, 3.63) is 53.9 Å². The fourth-order valence-electron chi connectivity index (χ4n) is 2.17. The van der Waals surface area contributed by atoms with E-state index in [1.807, 2.05) is 30.3 Å². The lowest BCUT2D eigenvalue weighted by Crippen LogP contribution is -2.04. The molecule has 3 rings (SSSR count). The Hall–Kier alpha value is -2.37. The molecule has 1 N–H and O–H groups in total. The summed E-state index contributed by atoms with van der Waals surface area (Å²) in [6.07, 6.45) is 3.43. The van der Waals surface area contributed by atoms with Gasteiger partial charge in [0.1, 0.15) is 23.3 Å². The van der Waals surface area contributed by atoms with Crippen molar-refractivity contribution in [1.82, 2.24) is 9.97 Å². The Labute approximate surface area is 139 Å². The zero-order chi connectivity index (χ0) is 16.1. The zero-order valence-corrected chi connectivity index (χ0v) is 13.4. The molecule has 5 nitrogen and oxygen atoms in total. The van der Waals surface area contributed by atoms with Gasteiger partial charge in [0.05, 0.1) is 18.5 Å². The van der Waals surface area contributed by atoms with Crippen molar-refractivity contribution in [2.45, 2.75) is 0 Å². The van der Waals surface area contributed by atoms with E-state index in [0.717, 1.165) is 28.0 Å². The van der Waals surface area contributed by atoms with E-state index in [4.69, 9.17) is 21.1 Å². The minimum atomic E-state index is 0.458. The summed E-state index contributed by atoms with van der Waals surface area (Å²) >= 11 is 5.80. The molecule has 0 atom stereocenters. The number of hydrogen-bond donors (Lipinski definition) is 1. The maximum absolute atomic E-state index is 5.80. The first-order valence-electron chi connectivity index (χ1n) is 7.15. The molecule has 2 aromatic heterocycles. The quantitative estimate of drug-likeness (QED) is 0.546. The minimum Gasteiger partial charge on any atom is -0.491 e. The summed E-state index contributed by atoms with van der Waals surface area (Å²) < 4.78 is 10.6. The fourth-order valence-corrected chi connectivity index (χ4v) is 2.29. The highest BCUT2D eigenvalue weighted by Crippen LogP contribution is 2.27. The summed E-state index contributed by atoms with van der Waals surface area (Å²) in [4.78, 5) is 8.45. The highest BCUT2D eigenvalue weighted by Gasteiger charge is 2.05. The maximum atomic E-state index is 5.80. The second kappa shape index (κ2) is 7.26. The van der Waals surface area contributed by atoms with Crippen LogP contribution in [0, 0.1) is 0 Å². The number of rotatable bonds is 6. The van der Waals surface area contributed by atoms with Crippen LogP contribution in [0.5, 0.6) is 5.75 Å². The molecule has 23 heavy (non-hydrogen) atoms. The van der Waals surface area contributed by atoms with E-state index in [0.29, 0.717) is 18.4 Å². The Balaban J connectivity index is 1.85. The smallest absolute Gasteiger partial charge is 0.138 e. The number of pyridine rings is 2. The van der Waals surface area contributed by atoms with Gasteiger partial charge in [-0.25, -0.2) is 9.97 Å². The van der Waals surface area contributed by atoms with Gasteiger partial charge in [-0.15, -0.1) is 0 Å². The second-order valence-electron chi connectivity index (χ2n) is 4.88. The molecule has 0 unspecified atom stereocenters. The number of nitrogens with zero attached hydrogens (tertiary/aromatic N) is 2. The van der Waals surface area contributed by atoms with Gasteiger partial charge in [-0.2, -0.15) is 0 Å². The summed E-state index contributed by atoms with van der Waals surface area (Å²) in [5.41, 5.74) is 0.829. The number of anilines is 2. The summed E-state index contributed by atoms with van der Waals surface area (Å²) in [7, 11) is 1.65. The first-order chi connectivity index (χ1) is 11.3. The largest absolute Gasteiger partial charge is 0.491 e. The van der Waals surface area contributed by atoms with Crippen molar-refractivity contribution in [2.75, 3.05) is 25.6 Å². The van der Waals surface area contributed by atoms with Crippen LogP contribution in [-0.4, -0.2) is 30.3 Å². The third kappa shape index (κ3) is 3.88. The number of aromatic nitrogens is 2. The Morgan fingerprint density at radius 1 is 1.09 bits per heavy atom. The summed E-state index contributed by atoms with van der Waals surface area (Å²) in [5.74, 6) is 1.56. The molecule has 0 aliphatic heterocycles. The number of halogens is 1. The number of methoxy groups -OCH3 is 1. The van der Waals surface area contributed by atoms with E-state index >= 15 is 0 Å². The van der Waals surface area contributed by atoms with Crippen molar-refractivity contribution in [3.63, 3.8) is 0 Å². The van der Waals surface area contributed by atoms with Gasteiger partial charge in [0.2, 0.25) is 0 Å². The summed E-state index contributed by atoms with van der Waals surface area (Å²) in [6, 6.07) is 11.4. The van der Waals surface area contributed by atoms with Crippen molar-refractivity contribution in [1.29, 1.82) is 0 Å². The predicted octanol–water partition coefficient (Wildman–Crippen LogP) is 4.05. The van der Waals surface area contributed by atoms with E-state index in [9.17, 15) is 0 Å². The van der Waals surface area contributed by atoms with Crippen LogP contribution in [0.25, 0.3) is 10.8 Å². The van der Waals surface area contributed by atoms with Crippen LogP contribution in [0.2, 0.25) is 5.15 Å². The molecule has 0 bridgehead atoms. The third-order valence-electron chi connectivity index (χ3n) is 3.28. The maximum Gasteiger partial charge on any atom is 0.138 e. The molecule has 0 saturated carbocycles. The van der Waals surface area contributed by atoms with Crippen molar-refractivity contribution in [3.8, 4) is 5.75 Å². The summed E-state index contributed by atoms with van der Waals surface area (Å²) in [6.45, 7) is 1.08. The van der Waals surface area contributed by atoms with Crippen LogP contribution >= 0.6 is 11.6 Å². The Morgan fingerprint density at radius 3 is 2.78 bits per heavy atom. The molecular formula is C17H16ClN3O2. The average molecular weight is 330 g/mol. The lowest BCUT2D eigenvalue weighted by atomic mass is 10.1. The number of fused-ring (bicyclic) bond motifs is 1. The number of ether oxygens (including phenoxy) is 2. The molecule has 118 valence electrons. The lowest BCUT2D eigenvalue weighted by Gasteiger charge is -2.10. The van der Waals surface area contributed by atoms with Crippen LogP contribution in [0.4, 0.5) is 11.5 Å². The molecule has 0 aliphatic rings. The van der Waals surface area contributed by atoms with E-state index < -0.39 is 0 Å². The standard InChI is InChI=1S/C17H16ClN3O2/c1-22-8-9-23-14-3-4-15-12(10-14)6-7-19-17(15)21-13-2-5-16(18)20-11-13/h2-7,10-11H,8-9H2,1H3,(H,19,21). The van der Waals surface area contributed by atoms with Crippen LogP contribution in [0.15, 0.2) is 48.8 Å². The van der Waals surface area contributed by atoms with Gasteiger partial charge in [-0.05, 0) is 41.8 Å². The molecule has 0 amide bonds. The van der Waals surface area contributed by atoms with Crippen LogP contribution in [0.1, 0.15) is 0 Å². The monoisotopic (exact) mass is 329 g/mol. The Bertz CT molecular complexity index is 793. The lowest BCUT2D eigenvalue weighted by molar-refractivity contribution is 0.146. The second-order valence-corrected chi connectivity index (χ2v) is 5.27. The minimum absolute atomic E-state index is 0.458. The number of nitrogens with one attached hydrogen (secondary N) is 1. The van der Waals surface area contributed by atoms with Gasteiger partial charge < -0.3 is 14.8 Å². The van der Waals surface area contributed by atoms with E-state index in [-0.39, 0.29) is 0 Å². The zero-order valence-electron chi connectivity index (χ0n) is 12.6. The SMILES string of the molecule is COCCOc1ccc2c(Nc3ccc(Cl)nc3)nccc2c1. The van der Waals surface area contributed by atoms with Gasteiger partial charge in [0.15, 0.2) is 0 Å². The van der Waals surface area contributed by atoms with E-state index in [2.05, 4.69) is 15.3 Å². The Kier molecular flexibility index (Phi) is 4.90. The van der Waals surface area contributed by atoms with Gasteiger partial charge >= 0.3 is 0 Å². The molecule has 0 radical (unpaired) electrons. The van der Waals surface area contributed by atoms with Crippen LogP contribution in [0.3, 0.4) is 0 Å². The molecule has 0 saturated heterocycles. The first-order valence-corrected chi connectivity index (χ1v) is 7.53. The molecule has 3 aromatic rings. The van der Waals surface area contributed by atoms with Crippen molar-refractivity contribution >= 4 is 33.9 Å².